The number of benzene rings is 2. The van der Waals surface area contributed by atoms with Gasteiger partial charge in [0.05, 0.1) is 19.1 Å². The molecule has 35 heavy (non-hydrogen) atoms. The van der Waals surface area contributed by atoms with E-state index >= 15 is 0 Å². The van der Waals surface area contributed by atoms with Crippen LogP contribution < -0.4 is 21.7 Å². The van der Waals surface area contributed by atoms with Crippen LogP contribution in [0.25, 0.3) is 10.9 Å². The molecule has 0 aliphatic heterocycles. The number of amides is 3. The van der Waals surface area contributed by atoms with E-state index in [1.54, 1.807) is 18.3 Å². The first-order valence-corrected chi connectivity index (χ1v) is 10.9. The van der Waals surface area contributed by atoms with Crippen molar-refractivity contribution in [3.63, 3.8) is 0 Å². The Kier molecular flexibility index (Phi) is 8.41. The lowest BCUT2D eigenvalue weighted by Crippen LogP contribution is -2.49. The average Bonchev–Trinajstić information content (AvgIpc) is 3.24. The number of hydrogen-bond donors (Lipinski definition) is 7. The van der Waals surface area contributed by atoms with E-state index in [0.29, 0.717) is 5.56 Å². The zero-order valence-corrected chi connectivity index (χ0v) is 18.8. The number of carboxylic acids is 1. The first-order valence-electron chi connectivity index (χ1n) is 10.9. The number of phenols is 1. The number of fused-ring (bicyclic) bond motifs is 1. The van der Waals surface area contributed by atoms with E-state index in [9.17, 15) is 29.4 Å². The van der Waals surface area contributed by atoms with Crippen LogP contribution in [0.5, 0.6) is 5.75 Å². The molecule has 0 aliphatic rings. The number of carbonyl (C=O) groups is 4. The first-order chi connectivity index (χ1) is 16.7. The molecule has 3 aromatic rings. The van der Waals surface area contributed by atoms with Crippen molar-refractivity contribution in [1.29, 1.82) is 0 Å². The number of nitrogens with two attached hydrogens (primary N) is 1. The van der Waals surface area contributed by atoms with Crippen LogP contribution in [0.3, 0.4) is 0 Å². The van der Waals surface area contributed by atoms with Gasteiger partial charge in [0.15, 0.2) is 0 Å². The molecule has 0 bridgehead atoms. The van der Waals surface area contributed by atoms with Crippen molar-refractivity contribution in [3.05, 3.63) is 65.9 Å². The summed E-state index contributed by atoms with van der Waals surface area (Å²) in [5.74, 6) is -3.05. The molecule has 1 aromatic heterocycles. The summed E-state index contributed by atoms with van der Waals surface area (Å²) in [6.45, 7) is -0.848. The van der Waals surface area contributed by atoms with Gasteiger partial charge in [-0.3, -0.25) is 14.4 Å². The molecule has 11 heteroatoms. The van der Waals surface area contributed by atoms with E-state index in [4.69, 9.17) is 5.73 Å². The zero-order chi connectivity index (χ0) is 25.4. The number of hydrogen-bond acceptors (Lipinski definition) is 6. The standard InChI is InChI=1S/C24H27N5O6/c25-18(10-15-11-26-19-4-2-1-3-17(15)19)23(33)28-12-21(31)27-13-22(32)29-20(24(34)35)9-14-5-7-16(30)8-6-14/h1-8,11,18,20,26,30H,9-10,12-13,25H2,(H,27,31)(H,28,33)(H,29,32)(H,34,35)/t18-,20-/m0/s1. The van der Waals surface area contributed by atoms with Gasteiger partial charge in [-0.1, -0.05) is 30.3 Å². The van der Waals surface area contributed by atoms with Gasteiger partial charge >= 0.3 is 5.97 Å². The Bertz CT molecular complexity index is 1210. The molecule has 0 fully saturated rings. The summed E-state index contributed by atoms with van der Waals surface area (Å²) in [6, 6.07) is 11.4. The SMILES string of the molecule is N[C@@H](Cc1c[nH]c2ccccc12)C(=O)NCC(=O)NCC(=O)N[C@@H](Cc1ccc(O)cc1)C(=O)O. The minimum Gasteiger partial charge on any atom is -0.508 e. The van der Waals surface area contributed by atoms with Gasteiger partial charge in [-0.25, -0.2) is 4.79 Å². The highest BCUT2D eigenvalue weighted by Gasteiger charge is 2.21. The van der Waals surface area contributed by atoms with Crippen molar-refractivity contribution >= 4 is 34.6 Å². The summed E-state index contributed by atoms with van der Waals surface area (Å²) < 4.78 is 0. The minimum absolute atomic E-state index is 0.000323. The van der Waals surface area contributed by atoms with Crippen LogP contribution in [0.15, 0.2) is 54.7 Å². The molecule has 0 unspecified atom stereocenters. The monoisotopic (exact) mass is 481 g/mol. The van der Waals surface area contributed by atoms with Gasteiger partial charge in [-0.05, 0) is 35.7 Å². The van der Waals surface area contributed by atoms with Gasteiger partial charge in [0, 0.05) is 23.5 Å². The Labute approximate surface area is 200 Å². The predicted octanol–water partition coefficient (Wildman–Crippen LogP) is -0.212. The van der Waals surface area contributed by atoms with Gasteiger partial charge in [0.1, 0.15) is 11.8 Å². The van der Waals surface area contributed by atoms with Gasteiger partial charge in [0.2, 0.25) is 17.7 Å². The third-order valence-electron chi connectivity index (χ3n) is 5.33. The number of carboxylic acid groups (broad SMARTS) is 1. The van der Waals surface area contributed by atoms with Crippen LogP contribution in [0.4, 0.5) is 0 Å². The molecule has 1 heterocycles. The molecule has 0 spiro atoms. The molecule has 3 amide bonds. The fraction of sp³-hybridized carbons (Fsp3) is 0.250. The summed E-state index contributed by atoms with van der Waals surface area (Å²) in [7, 11) is 0. The number of nitrogens with one attached hydrogen (secondary N) is 4. The van der Waals surface area contributed by atoms with Crippen LogP contribution in [0.2, 0.25) is 0 Å². The molecule has 0 saturated carbocycles. The minimum atomic E-state index is -1.24. The number of para-hydroxylation sites is 1. The Morgan fingerprint density at radius 3 is 2.31 bits per heavy atom. The molecule has 11 nitrogen and oxygen atoms in total. The molecule has 8 N–H and O–H groups in total. The van der Waals surface area contributed by atoms with Crippen molar-refractivity contribution in [3.8, 4) is 5.75 Å². The number of aromatic nitrogens is 1. The largest absolute Gasteiger partial charge is 0.508 e. The number of rotatable bonds is 11. The molecular weight excluding hydrogens is 454 g/mol. The Morgan fingerprint density at radius 2 is 1.60 bits per heavy atom. The molecule has 2 aromatic carbocycles. The second kappa shape index (κ2) is 11.7. The van der Waals surface area contributed by atoms with Crippen LogP contribution >= 0.6 is 0 Å². The average molecular weight is 482 g/mol. The van der Waals surface area contributed by atoms with Crippen LogP contribution in [0, 0.1) is 0 Å². The summed E-state index contributed by atoms with van der Waals surface area (Å²) in [4.78, 5) is 51.0. The quantitative estimate of drug-likeness (QED) is 0.197. The highest BCUT2D eigenvalue weighted by atomic mass is 16.4. The Balaban J connectivity index is 1.40. The first kappa shape index (κ1) is 25.2. The summed E-state index contributed by atoms with van der Waals surface area (Å²) in [5, 5.41) is 26.7. The van der Waals surface area contributed by atoms with Crippen LogP contribution in [0.1, 0.15) is 11.1 Å². The van der Waals surface area contributed by atoms with Crippen molar-refractivity contribution in [1.82, 2.24) is 20.9 Å². The number of aromatic hydroxyl groups is 1. The molecule has 0 radical (unpaired) electrons. The normalized spacial score (nSPS) is 12.5. The maximum Gasteiger partial charge on any atom is 0.326 e. The van der Waals surface area contributed by atoms with Crippen molar-refractivity contribution in [2.24, 2.45) is 5.73 Å². The predicted molar refractivity (Wildman–Crippen MR) is 127 cm³/mol. The number of H-pyrrole nitrogens is 1. The number of carbonyl (C=O) groups excluding carboxylic acids is 3. The van der Waals surface area contributed by atoms with E-state index in [-0.39, 0.29) is 25.1 Å². The molecular formula is C24H27N5O6. The maximum atomic E-state index is 12.3. The van der Waals surface area contributed by atoms with E-state index in [1.165, 1.54) is 12.1 Å². The van der Waals surface area contributed by atoms with Crippen molar-refractivity contribution in [2.75, 3.05) is 13.1 Å². The smallest absolute Gasteiger partial charge is 0.326 e. The highest BCUT2D eigenvalue weighted by Crippen LogP contribution is 2.18. The molecule has 0 aliphatic carbocycles. The maximum absolute atomic E-state index is 12.3. The summed E-state index contributed by atoms with van der Waals surface area (Å²) in [6.07, 6.45) is 2.06. The number of phenolic OH excluding ortho intramolecular Hbond substituents is 1. The van der Waals surface area contributed by atoms with Gasteiger partial charge in [-0.15, -0.1) is 0 Å². The van der Waals surface area contributed by atoms with Crippen molar-refractivity contribution in [2.45, 2.75) is 24.9 Å². The summed E-state index contributed by atoms with van der Waals surface area (Å²) >= 11 is 0. The second-order valence-corrected chi connectivity index (χ2v) is 7.99. The van der Waals surface area contributed by atoms with E-state index in [2.05, 4.69) is 20.9 Å². The van der Waals surface area contributed by atoms with Gasteiger partial charge < -0.3 is 36.9 Å². The van der Waals surface area contributed by atoms with E-state index < -0.39 is 42.3 Å². The fourth-order valence-electron chi connectivity index (χ4n) is 3.48. The number of aliphatic carboxylic acids is 1. The number of aromatic amines is 1. The van der Waals surface area contributed by atoms with E-state index in [0.717, 1.165) is 16.5 Å². The third-order valence-corrected chi connectivity index (χ3v) is 5.33. The topological polar surface area (TPSA) is 187 Å². The lowest BCUT2D eigenvalue weighted by atomic mass is 10.1. The molecule has 184 valence electrons. The van der Waals surface area contributed by atoms with Crippen LogP contribution in [-0.4, -0.2) is 64.1 Å². The Morgan fingerprint density at radius 1 is 0.914 bits per heavy atom. The van der Waals surface area contributed by atoms with Crippen molar-refractivity contribution < 1.29 is 29.4 Å². The van der Waals surface area contributed by atoms with E-state index in [1.807, 2.05) is 24.3 Å². The Hall–Kier alpha value is -4.38. The molecule has 2 atom stereocenters. The lowest BCUT2D eigenvalue weighted by Gasteiger charge is -2.15. The van der Waals surface area contributed by atoms with Gasteiger partial charge in [-0.2, -0.15) is 0 Å². The summed E-state index contributed by atoms with van der Waals surface area (Å²) in [5.41, 5.74) is 8.39. The third kappa shape index (κ3) is 7.30. The lowest BCUT2D eigenvalue weighted by molar-refractivity contribution is -0.141. The van der Waals surface area contributed by atoms with Crippen LogP contribution in [-0.2, 0) is 32.0 Å². The molecule has 3 rings (SSSR count). The highest BCUT2D eigenvalue weighted by molar-refractivity contribution is 5.91. The second-order valence-electron chi connectivity index (χ2n) is 7.99. The molecule has 0 saturated heterocycles. The zero-order valence-electron chi connectivity index (χ0n) is 18.8. The van der Waals surface area contributed by atoms with Gasteiger partial charge in [0.25, 0.3) is 0 Å². The fourth-order valence-corrected chi connectivity index (χ4v) is 3.48.